The summed E-state index contributed by atoms with van der Waals surface area (Å²) in [5.41, 5.74) is 3.71. The van der Waals surface area contributed by atoms with Crippen molar-refractivity contribution in [1.29, 1.82) is 0 Å². The van der Waals surface area contributed by atoms with Crippen molar-refractivity contribution in [2.75, 3.05) is 20.3 Å². The molecule has 3 N–H and O–H groups in total. The lowest BCUT2D eigenvalue weighted by Gasteiger charge is -2.12. The zero-order valence-corrected chi connectivity index (χ0v) is 11.7. The number of halogens is 2. The zero-order chi connectivity index (χ0) is 13.8. The van der Waals surface area contributed by atoms with Crippen molar-refractivity contribution in [3.05, 3.63) is 39.9 Å². The van der Waals surface area contributed by atoms with Gasteiger partial charge in [-0.1, -0.05) is 5.23 Å². The third-order valence-corrected chi connectivity index (χ3v) is 3.08. The molecule has 0 spiro atoms. The van der Waals surface area contributed by atoms with E-state index in [4.69, 9.17) is 9.68 Å². The first-order chi connectivity index (χ1) is 9.13. The van der Waals surface area contributed by atoms with Crippen LogP contribution >= 0.6 is 15.9 Å². The number of hydroxylamine groups is 3. The minimum absolute atomic E-state index is 0.326. The number of benzene rings is 1. The van der Waals surface area contributed by atoms with E-state index < -0.39 is 0 Å². The molecule has 1 aliphatic heterocycles. The lowest BCUT2D eigenvalue weighted by atomic mass is 10.1. The van der Waals surface area contributed by atoms with E-state index in [0.717, 1.165) is 0 Å². The van der Waals surface area contributed by atoms with Crippen LogP contribution in [-0.2, 0) is 9.68 Å². The van der Waals surface area contributed by atoms with Gasteiger partial charge in [0, 0.05) is 19.2 Å². The molecule has 1 heterocycles. The fourth-order valence-electron chi connectivity index (χ4n) is 1.55. The molecule has 1 aromatic rings. The van der Waals surface area contributed by atoms with E-state index >= 15 is 0 Å². The minimum atomic E-state index is -0.363. The van der Waals surface area contributed by atoms with Crippen LogP contribution < -0.4 is 10.8 Å². The maximum absolute atomic E-state index is 13.2. The summed E-state index contributed by atoms with van der Waals surface area (Å²) >= 11 is 3.11. The van der Waals surface area contributed by atoms with Gasteiger partial charge in [0.05, 0.1) is 11.1 Å². The predicted octanol–water partition coefficient (Wildman–Crippen LogP) is 1.59. The molecule has 0 unspecified atom stereocenters. The normalized spacial score (nSPS) is 14.8. The summed E-state index contributed by atoms with van der Waals surface area (Å²) in [6.45, 7) is 0.956. The van der Waals surface area contributed by atoms with E-state index in [1.165, 1.54) is 6.07 Å². The summed E-state index contributed by atoms with van der Waals surface area (Å²) in [6, 6.07) is 4.47. The Balaban J connectivity index is 2.25. The number of methoxy groups -OCH3 is 1. The molecule has 0 aromatic heterocycles. The van der Waals surface area contributed by atoms with Crippen LogP contribution in [0.2, 0.25) is 0 Å². The van der Waals surface area contributed by atoms with Gasteiger partial charge >= 0.3 is 0 Å². The van der Waals surface area contributed by atoms with E-state index in [0.29, 0.717) is 39.9 Å². The standard InChI is InChI=1S/C11H13BrFN3O3/c1-18-5-4-14-11-10(15-19-16(11)17)7-2-3-9(13)8(12)6-7/h2-3,6,14-15,17H,4-5H2,1H3. The van der Waals surface area contributed by atoms with Crippen molar-refractivity contribution in [3.8, 4) is 0 Å². The molecule has 0 radical (unpaired) electrons. The molecule has 6 nitrogen and oxygen atoms in total. The lowest BCUT2D eigenvalue weighted by molar-refractivity contribution is -0.325. The largest absolute Gasteiger partial charge is 0.383 e. The van der Waals surface area contributed by atoms with Crippen molar-refractivity contribution in [1.82, 2.24) is 16.0 Å². The smallest absolute Gasteiger partial charge is 0.186 e. The van der Waals surface area contributed by atoms with Crippen molar-refractivity contribution in [2.24, 2.45) is 0 Å². The molecule has 0 aliphatic carbocycles. The maximum atomic E-state index is 13.2. The van der Waals surface area contributed by atoms with Crippen molar-refractivity contribution in [3.63, 3.8) is 0 Å². The van der Waals surface area contributed by atoms with Crippen molar-refractivity contribution in [2.45, 2.75) is 0 Å². The maximum Gasteiger partial charge on any atom is 0.186 e. The summed E-state index contributed by atoms with van der Waals surface area (Å²) in [6.07, 6.45) is 0. The number of nitrogens with one attached hydrogen (secondary N) is 2. The van der Waals surface area contributed by atoms with Gasteiger partial charge in [0.2, 0.25) is 0 Å². The van der Waals surface area contributed by atoms with E-state index in [1.807, 2.05) is 0 Å². The number of hydrogen-bond donors (Lipinski definition) is 3. The second-order valence-electron chi connectivity index (χ2n) is 3.74. The van der Waals surface area contributed by atoms with E-state index in [2.05, 4.69) is 26.7 Å². The van der Waals surface area contributed by atoms with Gasteiger partial charge in [-0.05, 0) is 34.1 Å². The third-order valence-electron chi connectivity index (χ3n) is 2.47. The summed E-state index contributed by atoms with van der Waals surface area (Å²) in [5.74, 6) is -0.0337. The molecule has 19 heavy (non-hydrogen) atoms. The molecule has 0 fully saturated rings. The second-order valence-corrected chi connectivity index (χ2v) is 4.59. The van der Waals surface area contributed by atoms with Gasteiger partial charge in [0.1, 0.15) is 11.5 Å². The Kier molecular flexibility index (Phi) is 4.59. The van der Waals surface area contributed by atoms with Crippen LogP contribution in [0.3, 0.4) is 0 Å². The number of nitrogens with zero attached hydrogens (tertiary/aromatic N) is 1. The Labute approximate surface area is 117 Å². The lowest BCUT2D eigenvalue weighted by Crippen LogP contribution is -2.28. The SMILES string of the molecule is COCCNC1=C(c2ccc(F)c(Br)c2)NON1O. The van der Waals surface area contributed by atoms with Crippen LogP contribution in [0.4, 0.5) is 4.39 Å². The third kappa shape index (κ3) is 3.16. The quantitative estimate of drug-likeness (QED) is 0.711. The predicted molar refractivity (Wildman–Crippen MR) is 68.7 cm³/mol. The highest BCUT2D eigenvalue weighted by atomic mass is 79.9. The van der Waals surface area contributed by atoms with Gasteiger partial charge in [-0.3, -0.25) is 5.21 Å². The Morgan fingerprint density at radius 2 is 2.37 bits per heavy atom. The first kappa shape index (κ1) is 14.1. The molecule has 8 heteroatoms. The van der Waals surface area contributed by atoms with Crippen LogP contribution in [0.25, 0.3) is 5.70 Å². The highest BCUT2D eigenvalue weighted by Crippen LogP contribution is 2.25. The topological polar surface area (TPSA) is 66.0 Å². The molecule has 0 saturated heterocycles. The molecule has 0 bridgehead atoms. The Hall–Kier alpha value is -1.35. The highest BCUT2D eigenvalue weighted by Gasteiger charge is 2.24. The zero-order valence-electron chi connectivity index (χ0n) is 10.1. The number of hydrogen-bond acceptors (Lipinski definition) is 6. The van der Waals surface area contributed by atoms with E-state index in [-0.39, 0.29) is 5.82 Å². The molecule has 1 aromatic carbocycles. The van der Waals surface area contributed by atoms with Gasteiger partial charge in [-0.25, -0.2) is 9.87 Å². The molecular weight excluding hydrogens is 321 g/mol. The van der Waals surface area contributed by atoms with Crippen molar-refractivity contribution >= 4 is 21.6 Å². The number of rotatable bonds is 5. The van der Waals surface area contributed by atoms with Gasteiger partial charge in [-0.2, -0.15) is 0 Å². The average Bonchev–Trinajstić information content (AvgIpc) is 2.75. The molecule has 0 amide bonds. The summed E-state index contributed by atoms with van der Waals surface area (Å²) in [4.78, 5) is 4.79. The summed E-state index contributed by atoms with van der Waals surface area (Å²) in [5, 5.41) is 13.1. The summed E-state index contributed by atoms with van der Waals surface area (Å²) in [7, 11) is 1.58. The summed E-state index contributed by atoms with van der Waals surface area (Å²) < 4.78 is 18.4. The molecule has 104 valence electrons. The van der Waals surface area contributed by atoms with E-state index in [1.54, 1.807) is 19.2 Å². The average molecular weight is 334 g/mol. The van der Waals surface area contributed by atoms with Crippen LogP contribution in [0.1, 0.15) is 5.56 Å². The minimum Gasteiger partial charge on any atom is -0.383 e. The number of ether oxygens (including phenoxy) is 1. The Morgan fingerprint density at radius 1 is 1.58 bits per heavy atom. The van der Waals surface area contributed by atoms with Crippen molar-refractivity contribution < 1.29 is 19.3 Å². The Bertz CT molecular complexity index is 498. The molecule has 0 atom stereocenters. The fourth-order valence-corrected chi connectivity index (χ4v) is 1.93. The van der Waals surface area contributed by atoms with Crippen LogP contribution in [0, 0.1) is 5.82 Å². The first-order valence-corrected chi connectivity index (χ1v) is 6.27. The Morgan fingerprint density at radius 3 is 3.05 bits per heavy atom. The van der Waals surface area contributed by atoms with Gasteiger partial charge in [0.25, 0.3) is 0 Å². The van der Waals surface area contributed by atoms with Crippen LogP contribution in [-0.4, -0.2) is 30.7 Å². The van der Waals surface area contributed by atoms with Crippen LogP contribution in [0.15, 0.2) is 28.5 Å². The molecule has 2 rings (SSSR count). The highest BCUT2D eigenvalue weighted by molar-refractivity contribution is 9.10. The molecule has 1 aliphatic rings. The second kappa shape index (κ2) is 6.20. The fraction of sp³-hybridized carbons (Fsp3) is 0.273. The van der Waals surface area contributed by atoms with E-state index in [9.17, 15) is 9.60 Å². The van der Waals surface area contributed by atoms with Crippen LogP contribution in [0.5, 0.6) is 0 Å². The monoisotopic (exact) mass is 333 g/mol. The first-order valence-electron chi connectivity index (χ1n) is 5.48. The van der Waals surface area contributed by atoms with Gasteiger partial charge in [-0.15, -0.1) is 4.94 Å². The van der Waals surface area contributed by atoms with Gasteiger partial charge in [0.15, 0.2) is 5.82 Å². The van der Waals surface area contributed by atoms with Gasteiger partial charge < -0.3 is 10.1 Å². The molecule has 0 saturated carbocycles. The molecular formula is C11H13BrFN3O3.